The number of nitrogens with zero attached hydrogens (tertiary/aromatic N) is 2. The molecule has 0 amide bonds. The number of hydrogen-bond acceptors (Lipinski definition) is 6. The number of aliphatic hydroxyl groups is 1. The van der Waals surface area contributed by atoms with Crippen LogP contribution in [0.5, 0.6) is 5.88 Å². The van der Waals surface area contributed by atoms with E-state index in [2.05, 4.69) is 10.3 Å². The number of aromatic nitrogens is 1. The number of ether oxygens (including phenoxy) is 1. The van der Waals surface area contributed by atoms with Crippen molar-refractivity contribution in [2.45, 2.75) is 19.8 Å². The zero-order chi connectivity index (χ0) is 14.3. The second-order valence-electron chi connectivity index (χ2n) is 4.34. The molecule has 0 saturated heterocycles. The van der Waals surface area contributed by atoms with Gasteiger partial charge < -0.3 is 15.2 Å². The first-order valence-corrected chi connectivity index (χ1v) is 6.12. The molecule has 0 aliphatic carbocycles. The lowest BCUT2D eigenvalue weighted by Crippen LogP contribution is -2.09. The first kappa shape index (κ1) is 15.2. The van der Waals surface area contributed by atoms with Gasteiger partial charge in [0.05, 0.1) is 12.0 Å². The lowest BCUT2D eigenvalue weighted by Gasteiger charge is -2.09. The molecular formula is C12H19N3O4. The van der Waals surface area contributed by atoms with Crippen molar-refractivity contribution in [2.75, 3.05) is 25.6 Å². The largest absolute Gasteiger partial charge is 0.481 e. The molecule has 0 fully saturated rings. The van der Waals surface area contributed by atoms with Gasteiger partial charge in [-0.15, -0.1) is 0 Å². The molecule has 2 N–H and O–H groups in total. The van der Waals surface area contributed by atoms with E-state index in [-0.39, 0.29) is 24.0 Å². The fourth-order valence-corrected chi connectivity index (χ4v) is 1.57. The third kappa shape index (κ3) is 4.70. The summed E-state index contributed by atoms with van der Waals surface area (Å²) in [7, 11) is 1.46. The highest BCUT2D eigenvalue weighted by atomic mass is 16.6. The van der Waals surface area contributed by atoms with Gasteiger partial charge in [-0.25, -0.2) is 0 Å². The monoisotopic (exact) mass is 269 g/mol. The molecule has 106 valence electrons. The summed E-state index contributed by atoms with van der Waals surface area (Å²) in [6.45, 7) is 2.66. The van der Waals surface area contributed by atoms with Gasteiger partial charge in [-0.2, -0.15) is 4.98 Å². The van der Waals surface area contributed by atoms with Crippen LogP contribution in [-0.4, -0.2) is 35.3 Å². The van der Waals surface area contributed by atoms with Crippen LogP contribution >= 0.6 is 0 Å². The van der Waals surface area contributed by atoms with Gasteiger partial charge in [-0.05, 0) is 18.8 Å². The van der Waals surface area contributed by atoms with E-state index in [0.29, 0.717) is 12.4 Å². The number of pyridine rings is 1. The van der Waals surface area contributed by atoms with E-state index in [1.165, 1.54) is 19.2 Å². The van der Waals surface area contributed by atoms with Crippen LogP contribution < -0.4 is 10.1 Å². The fraction of sp³-hybridized carbons (Fsp3) is 0.583. The molecule has 1 atom stereocenters. The Morgan fingerprint density at radius 2 is 2.32 bits per heavy atom. The number of rotatable bonds is 8. The molecule has 19 heavy (non-hydrogen) atoms. The van der Waals surface area contributed by atoms with Crippen molar-refractivity contribution in [2.24, 2.45) is 5.92 Å². The third-order valence-corrected chi connectivity index (χ3v) is 2.73. The minimum atomic E-state index is -0.481. The van der Waals surface area contributed by atoms with E-state index in [0.717, 1.165) is 12.8 Å². The van der Waals surface area contributed by atoms with Crippen LogP contribution in [-0.2, 0) is 0 Å². The highest BCUT2D eigenvalue weighted by molar-refractivity contribution is 5.56. The van der Waals surface area contributed by atoms with E-state index < -0.39 is 4.92 Å². The van der Waals surface area contributed by atoms with Gasteiger partial charge in [0.25, 0.3) is 0 Å². The summed E-state index contributed by atoms with van der Waals surface area (Å²) in [6.07, 6.45) is 1.65. The van der Waals surface area contributed by atoms with Gasteiger partial charge in [0.15, 0.2) is 0 Å². The van der Waals surface area contributed by atoms with Crippen molar-refractivity contribution in [3.8, 4) is 5.88 Å². The van der Waals surface area contributed by atoms with Gasteiger partial charge >= 0.3 is 5.69 Å². The van der Waals surface area contributed by atoms with E-state index in [1.807, 2.05) is 6.92 Å². The molecule has 0 saturated carbocycles. The van der Waals surface area contributed by atoms with Gasteiger partial charge in [-0.3, -0.25) is 10.1 Å². The van der Waals surface area contributed by atoms with Gasteiger partial charge in [0, 0.05) is 25.3 Å². The van der Waals surface area contributed by atoms with Gasteiger partial charge in [0.2, 0.25) is 11.7 Å². The summed E-state index contributed by atoms with van der Waals surface area (Å²) >= 11 is 0. The molecule has 0 spiro atoms. The lowest BCUT2D eigenvalue weighted by molar-refractivity contribution is -0.384. The fourth-order valence-electron chi connectivity index (χ4n) is 1.57. The lowest BCUT2D eigenvalue weighted by atomic mass is 10.1. The molecule has 1 rings (SSSR count). The van der Waals surface area contributed by atoms with Crippen LogP contribution in [0.4, 0.5) is 11.5 Å². The van der Waals surface area contributed by atoms with Crippen LogP contribution in [0.2, 0.25) is 0 Å². The van der Waals surface area contributed by atoms with Crippen LogP contribution in [0, 0.1) is 16.0 Å². The maximum absolute atomic E-state index is 10.9. The van der Waals surface area contributed by atoms with Gasteiger partial charge in [-0.1, -0.05) is 6.92 Å². The summed E-state index contributed by atoms with van der Waals surface area (Å²) in [4.78, 5) is 14.4. The Morgan fingerprint density at radius 1 is 1.58 bits per heavy atom. The second kappa shape index (κ2) is 7.52. The molecule has 0 radical (unpaired) electrons. The smallest absolute Gasteiger partial charge is 0.311 e. The Hall–Kier alpha value is -1.89. The zero-order valence-corrected chi connectivity index (χ0v) is 11.1. The Morgan fingerprint density at radius 3 is 2.89 bits per heavy atom. The topological polar surface area (TPSA) is 97.5 Å². The number of hydrogen-bond donors (Lipinski definition) is 2. The molecular weight excluding hydrogens is 250 g/mol. The van der Waals surface area contributed by atoms with Crippen molar-refractivity contribution in [1.82, 2.24) is 4.98 Å². The van der Waals surface area contributed by atoms with Crippen molar-refractivity contribution >= 4 is 11.5 Å². The third-order valence-electron chi connectivity index (χ3n) is 2.73. The van der Waals surface area contributed by atoms with Crippen LogP contribution in [0.3, 0.4) is 0 Å². The first-order chi connectivity index (χ1) is 9.08. The Kier molecular flexibility index (Phi) is 6.01. The molecule has 1 unspecified atom stereocenters. The number of anilines is 1. The number of nitrogens with one attached hydrogen (secondary N) is 1. The first-order valence-electron chi connectivity index (χ1n) is 6.12. The van der Waals surface area contributed by atoms with Crippen molar-refractivity contribution < 1.29 is 14.8 Å². The highest BCUT2D eigenvalue weighted by Gasteiger charge is 2.15. The molecule has 0 bridgehead atoms. The highest BCUT2D eigenvalue weighted by Crippen LogP contribution is 2.24. The molecule has 0 aromatic carbocycles. The number of nitro groups is 1. The Balaban J connectivity index is 2.62. The molecule has 1 aromatic rings. The zero-order valence-electron chi connectivity index (χ0n) is 11.1. The summed E-state index contributed by atoms with van der Waals surface area (Å²) in [5.74, 6) is 0.771. The SMILES string of the molecule is COc1ccc([N+](=O)[O-])c(NCCCC(C)CO)n1. The maximum Gasteiger partial charge on any atom is 0.311 e. The standard InChI is InChI=1S/C12H19N3O4/c1-9(8-16)4-3-7-13-12-10(15(17)18)5-6-11(14-12)19-2/h5-6,9,16H,3-4,7-8H2,1-2H3,(H,13,14). The van der Waals surface area contributed by atoms with Crippen LogP contribution in [0.1, 0.15) is 19.8 Å². The quantitative estimate of drug-likeness (QED) is 0.424. The van der Waals surface area contributed by atoms with Gasteiger partial charge in [0.1, 0.15) is 0 Å². The van der Waals surface area contributed by atoms with Crippen molar-refractivity contribution in [3.05, 3.63) is 22.2 Å². The van der Waals surface area contributed by atoms with E-state index in [1.54, 1.807) is 0 Å². The van der Waals surface area contributed by atoms with Crippen molar-refractivity contribution in [3.63, 3.8) is 0 Å². The minimum Gasteiger partial charge on any atom is -0.481 e. The molecule has 1 heterocycles. The average Bonchev–Trinajstić information content (AvgIpc) is 2.42. The summed E-state index contributed by atoms with van der Waals surface area (Å²) in [5, 5.41) is 22.7. The molecule has 0 aliphatic rings. The minimum absolute atomic E-state index is 0.0731. The Bertz CT molecular complexity index is 425. The van der Waals surface area contributed by atoms with E-state index in [4.69, 9.17) is 9.84 Å². The second-order valence-corrected chi connectivity index (χ2v) is 4.34. The Labute approximate surface area is 111 Å². The molecule has 0 aliphatic heterocycles. The average molecular weight is 269 g/mol. The summed E-state index contributed by atoms with van der Waals surface area (Å²) in [5.41, 5.74) is -0.0731. The molecule has 1 aromatic heterocycles. The van der Waals surface area contributed by atoms with E-state index in [9.17, 15) is 10.1 Å². The van der Waals surface area contributed by atoms with Crippen LogP contribution in [0.15, 0.2) is 12.1 Å². The van der Waals surface area contributed by atoms with Crippen molar-refractivity contribution in [1.29, 1.82) is 0 Å². The number of methoxy groups -OCH3 is 1. The molecule has 7 nitrogen and oxygen atoms in total. The normalized spacial score (nSPS) is 11.9. The summed E-state index contributed by atoms with van der Waals surface area (Å²) in [6, 6.07) is 2.82. The van der Waals surface area contributed by atoms with Crippen LogP contribution in [0.25, 0.3) is 0 Å². The summed E-state index contributed by atoms with van der Waals surface area (Å²) < 4.78 is 4.94. The van der Waals surface area contributed by atoms with E-state index >= 15 is 0 Å². The predicted octanol–water partition coefficient (Wildman–Crippen LogP) is 1.82. The molecule has 7 heteroatoms. The number of aliphatic hydroxyl groups excluding tert-OH is 1. The predicted molar refractivity (Wildman–Crippen MR) is 71.4 cm³/mol. The maximum atomic E-state index is 10.9.